The van der Waals surface area contributed by atoms with Crippen LogP contribution < -0.4 is 10.7 Å². The van der Waals surface area contributed by atoms with Crippen molar-refractivity contribution in [1.82, 2.24) is 20.7 Å². The molecule has 0 atom stereocenters. The van der Waals surface area contributed by atoms with Crippen LogP contribution in [-0.4, -0.2) is 52.9 Å². The van der Waals surface area contributed by atoms with E-state index in [4.69, 9.17) is 0 Å². The van der Waals surface area contributed by atoms with Gasteiger partial charge in [0.25, 0.3) is 5.91 Å². The van der Waals surface area contributed by atoms with Crippen molar-refractivity contribution >= 4 is 17.8 Å². The van der Waals surface area contributed by atoms with E-state index in [1.807, 2.05) is 0 Å². The number of imide groups is 1. The van der Waals surface area contributed by atoms with Crippen LogP contribution in [0.25, 0.3) is 0 Å². The van der Waals surface area contributed by atoms with E-state index in [1.165, 1.54) is 0 Å². The molecular formula is C17H28N4O3. The molecule has 3 aliphatic rings. The Labute approximate surface area is 143 Å². The summed E-state index contributed by atoms with van der Waals surface area (Å²) in [6.45, 7) is 4.96. The van der Waals surface area contributed by atoms with E-state index in [2.05, 4.69) is 22.6 Å². The maximum Gasteiger partial charge on any atom is 0.344 e. The summed E-state index contributed by atoms with van der Waals surface area (Å²) in [5.41, 5.74) is 1.72. The van der Waals surface area contributed by atoms with Crippen LogP contribution in [-0.2, 0) is 9.59 Å². The van der Waals surface area contributed by atoms with E-state index in [0.29, 0.717) is 25.8 Å². The summed E-state index contributed by atoms with van der Waals surface area (Å²) in [7, 11) is 0. The largest absolute Gasteiger partial charge is 0.344 e. The number of nitrogens with one attached hydrogen (secondary N) is 2. The molecule has 24 heavy (non-hydrogen) atoms. The number of hydrogen-bond acceptors (Lipinski definition) is 4. The minimum Gasteiger partial charge on any atom is -0.322 e. The van der Waals surface area contributed by atoms with Crippen molar-refractivity contribution in [1.29, 1.82) is 0 Å². The van der Waals surface area contributed by atoms with Gasteiger partial charge in [-0.25, -0.2) is 4.79 Å². The average molecular weight is 336 g/mol. The van der Waals surface area contributed by atoms with Gasteiger partial charge in [-0.1, -0.05) is 26.2 Å². The predicted molar refractivity (Wildman–Crippen MR) is 88.8 cm³/mol. The number of carbonyl (C=O) groups is 3. The second-order valence-electron chi connectivity index (χ2n) is 7.52. The van der Waals surface area contributed by atoms with Crippen LogP contribution in [0, 0.1) is 5.92 Å². The summed E-state index contributed by atoms with van der Waals surface area (Å²) < 4.78 is 0. The van der Waals surface area contributed by atoms with Crippen molar-refractivity contribution in [2.45, 2.75) is 63.8 Å². The first-order chi connectivity index (χ1) is 11.5. The van der Waals surface area contributed by atoms with Crippen molar-refractivity contribution in [3.05, 3.63) is 0 Å². The fourth-order valence-corrected chi connectivity index (χ4v) is 3.94. The van der Waals surface area contributed by atoms with E-state index < -0.39 is 11.6 Å². The molecule has 3 fully saturated rings. The van der Waals surface area contributed by atoms with Crippen molar-refractivity contribution in [2.24, 2.45) is 5.92 Å². The maximum absolute atomic E-state index is 12.6. The quantitative estimate of drug-likeness (QED) is 0.760. The normalized spacial score (nSPS) is 25.1. The third kappa shape index (κ3) is 3.55. The molecule has 3 rings (SSSR count). The Morgan fingerprint density at radius 1 is 1.21 bits per heavy atom. The highest BCUT2D eigenvalue weighted by molar-refractivity contribution is 6.07. The Kier molecular flexibility index (Phi) is 5.08. The molecule has 2 N–H and O–H groups in total. The molecule has 1 spiro atoms. The van der Waals surface area contributed by atoms with Crippen LogP contribution in [0.1, 0.15) is 58.3 Å². The van der Waals surface area contributed by atoms with Gasteiger partial charge in [0.05, 0.1) is 0 Å². The average Bonchev–Trinajstić information content (AvgIpc) is 2.79. The number of piperidine rings is 1. The van der Waals surface area contributed by atoms with Crippen LogP contribution >= 0.6 is 0 Å². The summed E-state index contributed by atoms with van der Waals surface area (Å²) in [6, 6.07) is -0.498. The maximum atomic E-state index is 12.6. The number of carbonyl (C=O) groups excluding carboxylic acids is 3. The van der Waals surface area contributed by atoms with E-state index >= 15 is 0 Å². The van der Waals surface area contributed by atoms with Gasteiger partial charge in [-0.3, -0.25) is 15.0 Å². The van der Waals surface area contributed by atoms with E-state index in [9.17, 15) is 14.4 Å². The number of amides is 4. The standard InChI is InChI=1S/C17H28N4O3/c1-13-5-10-20(11-6-13)12-7-14(22)19-21-15(23)17(18-16(21)24)8-3-2-4-9-17/h13H,2-12H2,1H3,(H,18,24)(H,19,22). The first-order valence-corrected chi connectivity index (χ1v) is 9.19. The Morgan fingerprint density at radius 2 is 1.88 bits per heavy atom. The molecule has 0 aromatic rings. The Bertz CT molecular complexity index is 508. The molecule has 7 nitrogen and oxygen atoms in total. The van der Waals surface area contributed by atoms with E-state index in [0.717, 1.165) is 56.1 Å². The molecule has 2 heterocycles. The lowest BCUT2D eigenvalue weighted by atomic mass is 9.82. The third-order valence-corrected chi connectivity index (χ3v) is 5.64. The first kappa shape index (κ1) is 17.2. The molecule has 7 heteroatoms. The summed E-state index contributed by atoms with van der Waals surface area (Å²) in [4.78, 5) is 39.1. The van der Waals surface area contributed by atoms with Crippen molar-refractivity contribution in [3.8, 4) is 0 Å². The van der Waals surface area contributed by atoms with Gasteiger partial charge >= 0.3 is 6.03 Å². The van der Waals surface area contributed by atoms with Gasteiger partial charge in [-0.15, -0.1) is 0 Å². The molecule has 1 saturated carbocycles. The number of likely N-dealkylation sites (tertiary alicyclic amines) is 1. The van der Waals surface area contributed by atoms with E-state index in [1.54, 1.807) is 0 Å². The number of hydrazine groups is 1. The smallest absolute Gasteiger partial charge is 0.322 e. The van der Waals surface area contributed by atoms with Gasteiger partial charge in [-0.05, 0) is 44.7 Å². The molecular weight excluding hydrogens is 308 g/mol. The van der Waals surface area contributed by atoms with Gasteiger partial charge in [-0.2, -0.15) is 5.01 Å². The molecule has 0 aromatic carbocycles. The predicted octanol–water partition coefficient (Wildman–Crippen LogP) is 1.39. The van der Waals surface area contributed by atoms with Crippen LogP contribution in [0.3, 0.4) is 0 Å². The highest BCUT2D eigenvalue weighted by Gasteiger charge is 2.52. The summed E-state index contributed by atoms with van der Waals surface area (Å²) in [6.07, 6.45) is 6.91. The van der Waals surface area contributed by atoms with Gasteiger partial charge in [0, 0.05) is 13.0 Å². The molecule has 1 aliphatic carbocycles. The van der Waals surface area contributed by atoms with Gasteiger partial charge in [0.15, 0.2) is 0 Å². The Balaban J connectivity index is 1.49. The zero-order chi connectivity index (χ0) is 17.2. The monoisotopic (exact) mass is 336 g/mol. The molecule has 0 aromatic heterocycles. The molecule has 2 aliphatic heterocycles. The fourth-order valence-electron chi connectivity index (χ4n) is 3.94. The topological polar surface area (TPSA) is 81.8 Å². The van der Waals surface area contributed by atoms with Gasteiger partial charge in [0.1, 0.15) is 5.54 Å². The van der Waals surface area contributed by atoms with Crippen LogP contribution in [0.4, 0.5) is 4.79 Å². The first-order valence-electron chi connectivity index (χ1n) is 9.19. The Hall–Kier alpha value is -1.63. The molecule has 2 saturated heterocycles. The van der Waals surface area contributed by atoms with Crippen LogP contribution in [0.15, 0.2) is 0 Å². The fraction of sp³-hybridized carbons (Fsp3) is 0.824. The molecule has 134 valence electrons. The zero-order valence-corrected chi connectivity index (χ0v) is 14.5. The number of urea groups is 1. The highest BCUT2D eigenvalue weighted by Crippen LogP contribution is 2.33. The van der Waals surface area contributed by atoms with Gasteiger partial charge in [0.2, 0.25) is 5.91 Å². The molecule has 0 bridgehead atoms. The van der Waals surface area contributed by atoms with Crippen molar-refractivity contribution < 1.29 is 14.4 Å². The van der Waals surface area contributed by atoms with Gasteiger partial charge < -0.3 is 10.2 Å². The van der Waals surface area contributed by atoms with Crippen molar-refractivity contribution in [3.63, 3.8) is 0 Å². The minimum absolute atomic E-state index is 0.273. The zero-order valence-electron chi connectivity index (χ0n) is 14.5. The molecule has 0 radical (unpaired) electrons. The number of rotatable bonds is 4. The summed E-state index contributed by atoms with van der Waals surface area (Å²) in [5, 5.41) is 3.69. The lowest BCUT2D eigenvalue weighted by Crippen LogP contribution is -2.51. The van der Waals surface area contributed by atoms with Crippen LogP contribution in [0.5, 0.6) is 0 Å². The summed E-state index contributed by atoms with van der Waals surface area (Å²) in [5.74, 6) is 0.185. The molecule has 0 unspecified atom stereocenters. The Morgan fingerprint density at radius 3 is 2.54 bits per heavy atom. The minimum atomic E-state index is -0.786. The van der Waals surface area contributed by atoms with Crippen LogP contribution in [0.2, 0.25) is 0 Å². The number of hydrogen-bond donors (Lipinski definition) is 2. The lowest BCUT2D eigenvalue weighted by Gasteiger charge is -2.30. The molecule has 4 amide bonds. The second-order valence-corrected chi connectivity index (χ2v) is 7.52. The third-order valence-electron chi connectivity index (χ3n) is 5.64. The van der Waals surface area contributed by atoms with E-state index in [-0.39, 0.29) is 11.8 Å². The second kappa shape index (κ2) is 7.09. The lowest BCUT2D eigenvalue weighted by molar-refractivity contribution is -0.140. The van der Waals surface area contributed by atoms with Crippen molar-refractivity contribution in [2.75, 3.05) is 19.6 Å². The highest BCUT2D eigenvalue weighted by atomic mass is 16.2. The number of nitrogens with zero attached hydrogens (tertiary/aromatic N) is 2. The summed E-state index contributed by atoms with van der Waals surface area (Å²) >= 11 is 0. The SMILES string of the molecule is CC1CCN(CCC(=O)NN2C(=O)NC3(CCCCC3)C2=O)CC1.